The quantitative estimate of drug-likeness (QED) is 0.382. The minimum absolute atomic E-state index is 0.689. The fourth-order valence-electron chi connectivity index (χ4n) is 2.72. The molecule has 0 atom stereocenters. The highest BCUT2D eigenvalue weighted by molar-refractivity contribution is 7.90. The second kappa shape index (κ2) is 8.86. The summed E-state index contributed by atoms with van der Waals surface area (Å²) in [7, 11) is -7.31. The number of alkyl halides is 17. The molecular weight excluding hydrogens is 599 g/mol. The van der Waals surface area contributed by atoms with Crippen LogP contribution in [0.4, 0.5) is 74.6 Å². The van der Waals surface area contributed by atoms with Gasteiger partial charge >= 0.3 is 47.0 Å². The van der Waals surface area contributed by atoms with E-state index in [9.17, 15) is 87.8 Å². The van der Waals surface area contributed by atoms with Gasteiger partial charge in [0.05, 0.1) is 0 Å². The highest BCUT2D eigenvalue weighted by atomic mass is 32.2. The van der Waals surface area contributed by atoms with E-state index in [1.807, 2.05) is 0 Å². The van der Waals surface area contributed by atoms with Gasteiger partial charge in [-0.1, -0.05) is 0 Å². The predicted molar refractivity (Wildman–Crippen MR) is 83.4 cm³/mol. The molecule has 1 saturated heterocycles. The van der Waals surface area contributed by atoms with Crippen LogP contribution in [0.15, 0.2) is 0 Å². The third-order valence-electron chi connectivity index (χ3n) is 5.04. The van der Waals surface area contributed by atoms with Crippen molar-refractivity contribution >= 4 is 15.9 Å². The Labute approximate surface area is 194 Å². The molecule has 0 radical (unpaired) electrons. The summed E-state index contributed by atoms with van der Waals surface area (Å²) < 4.78 is 249. The number of carbonyl (C=O) groups is 1. The SMILES string of the molecule is CC(=O)N1CCN(S(=O)(=O)C(F)(F)C(F)(F)C(F)(F)C(F)(F)C(F)(F)C(F)(F)C(F)(F)C(F)(F)F)CC1. The van der Waals surface area contributed by atoms with E-state index in [4.69, 9.17) is 0 Å². The van der Waals surface area contributed by atoms with E-state index >= 15 is 0 Å². The molecule has 1 aliphatic rings. The second-order valence-corrected chi connectivity index (χ2v) is 9.35. The van der Waals surface area contributed by atoms with Gasteiger partial charge in [-0.05, 0) is 0 Å². The summed E-state index contributed by atoms with van der Waals surface area (Å²) in [6.07, 6.45) is -7.89. The Morgan fingerprint density at radius 2 is 0.838 bits per heavy atom. The molecule has 0 N–H and O–H groups in total. The van der Waals surface area contributed by atoms with Crippen molar-refractivity contribution in [3.63, 3.8) is 0 Å². The first kappa shape index (κ1) is 33.2. The number of halogens is 17. The van der Waals surface area contributed by atoms with Gasteiger partial charge in [0.25, 0.3) is 10.0 Å². The highest BCUT2D eigenvalue weighted by Gasteiger charge is 2.96. The minimum atomic E-state index is -8.87. The van der Waals surface area contributed by atoms with E-state index in [1.54, 1.807) is 0 Å². The molecule has 0 saturated carbocycles. The number of piperazine rings is 1. The maximum atomic E-state index is 14.1. The Balaban J connectivity index is 3.62. The van der Waals surface area contributed by atoms with E-state index < -0.39 is 93.4 Å². The van der Waals surface area contributed by atoms with Crippen molar-refractivity contribution in [3.8, 4) is 0 Å². The zero-order chi connectivity index (χ0) is 30.1. The lowest BCUT2D eigenvalue weighted by Crippen LogP contribution is -2.75. The molecular formula is C14H11F17N2O3S. The van der Waals surface area contributed by atoms with Crippen molar-refractivity contribution in [2.75, 3.05) is 26.2 Å². The van der Waals surface area contributed by atoms with Gasteiger partial charge in [-0.3, -0.25) is 4.79 Å². The molecule has 1 amide bonds. The van der Waals surface area contributed by atoms with Gasteiger partial charge in [-0.2, -0.15) is 78.9 Å². The molecule has 0 bridgehead atoms. The maximum Gasteiger partial charge on any atom is 0.460 e. The van der Waals surface area contributed by atoms with Crippen LogP contribution in [-0.4, -0.2) is 96.7 Å². The van der Waals surface area contributed by atoms with Crippen LogP contribution < -0.4 is 0 Å². The van der Waals surface area contributed by atoms with Gasteiger partial charge in [0.15, 0.2) is 0 Å². The van der Waals surface area contributed by atoms with Gasteiger partial charge in [0.2, 0.25) is 5.91 Å². The topological polar surface area (TPSA) is 57.7 Å². The molecule has 0 aromatic carbocycles. The molecule has 37 heavy (non-hydrogen) atoms. The highest BCUT2D eigenvalue weighted by Crippen LogP contribution is 2.64. The first-order chi connectivity index (χ1) is 15.9. The van der Waals surface area contributed by atoms with Crippen molar-refractivity contribution in [1.29, 1.82) is 0 Å². The van der Waals surface area contributed by atoms with Crippen LogP contribution in [0.5, 0.6) is 0 Å². The zero-order valence-corrected chi connectivity index (χ0v) is 18.1. The van der Waals surface area contributed by atoms with Crippen LogP contribution in [0.1, 0.15) is 6.92 Å². The van der Waals surface area contributed by atoms with Gasteiger partial charge in [0.1, 0.15) is 0 Å². The maximum absolute atomic E-state index is 14.1. The summed E-state index contributed by atoms with van der Waals surface area (Å²) in [5.41, 5.74) is 0. The lowest BCUT2D eigenvalue weighted by atomic mass is 9.91. The molecule has 0 aromatic rings. The molecule has 1 fully saturated rings. The molecule has 220 valence electrons. The molecule has 0 aromatic heterocycles. The first-order valence-corrected chi connectivity index (χ1v) is 10.3. The standard InChI is InChI=1S/C14H11F17N2O3S/c1-6(34)32-2-4-33(5-3-32)37(35,36)14(30,31)12(25,26)10(21,22)8(17,18)7(15,16)9(19,20)11(23,24)13(27,28)29/h2-5H2,1H3. The number of hydrogen-bond donors (Lipinski definition) is 0. The van der Waals surface area contributed by atoms with Crippen molar-refractivity contribution < 1.29 is 87.8 Å². The minimum Gasteiger partial charge on any atom is -0.340 e. The number of nitrogens with zero attached hydrogens (tertiary/aromatic N) is 2. The first-order valence-electron chi connectivity index (χ1n) is 8.88. The molecule has 1 aliphatic heterocycles. The van der Waals surface area contributed by atoms with Gasteiger partial charge in [0, 0.05) is 33.1 Å². The fourth-order valence-corrected chi connectivity index (χ4v) is 4.14. The van der Waals surface area contributed by atoms with Crippen LogP contribution >= 0.6 is 0 Å². The van der Waals surface area contributed by atoms with E-state index in [1.165, 1.54) is 0 Å². The van der Waals surface area contributed by atoms with Gasteiger partial charge in [-0.15, -0.1) is 0 Å². The van der Waals surface area contributed by atoms with Gasteiger partial charge in [-0.25, -0.2) is 8.42 Å². The Morgan fingerprint density at radius 3 is 1.14 bits per heavy atom. The summed E-state index contributed by atoms with van der Waals surface area (Å²) in [5.74, 6) is -52.6. The summed E-state index contributed by atoms with van der Waals surface area (Å²) in [5, 5.41) is -7.58. The number of rotatable bonds is 8. The van der Waals surface area contributed by atoms with Crippen molar-refractivity contribution in [2.45, 2.75) is 53.9 Å². The summed E-state index contributed by atoms with van der Waals surface area (Å²) >= 11 is 0. The smallest absolute Gasteiger partial charge is 0.340 e. The lowest BCUT2D eigenvalue weighted by Gasteiger charge is -2.43. The van der Waals surface area contributed by atoms with Crippen molar-refractivity contribution in [2.24, 2.45) is 0 Å². The Kier molecular flexibility index (Phi) is 7.96. The van der Waals surface area contributed by atoms with E-state index in [2.05, 4.69) is 0 Å². The number of hydrogen-bond acceptors (Lipinski definition) is 3. The van der Waals surface area contributed by atoms with Crippen molar-refractivity contribution in [3.05, 3.63) is 0 Å². The van der Waals surface area contributed by atoms with Crippen LogP contribution in [0.2, 0.25) is 0 Å². The van der Waals surface area contributed by atoms with Crippen LogP contribution in [0.25, 0.3) is 0 Å². The number of amides is 1. The zero-order valence-electron chi connectivity index (χ0n) is 17.3. The number of carbonyl (C=O) groups excluding carboxylic acids is 1. The molecule has 1 heterocycles. The Morgan fingerprint density at radius 1 is 0.541 bits per heavy atom. The van der Waals surface area contributed by atoms with Gasteiger partial charge < -0.3 is 4.90 Å². The Bertz CT molecular complexity index is 984. The lowest BCUT2D eigenvalue weighted by molar-refractivity contribution is -0.458. The number of sulfonamides is 1. The summed E-state index contributed by atoms with van der Waals surface area (Å²) in [6.45, 7) is -3.68. The molecule has 0 aliphatic carbocycles. The fraction of sp³-hybridized carbons (Fsp3) is 0.929. The molecule has 0 spiro atoms. The monoisotopic (exact) mass is 610 g/mol. The summed E-state index contributed by atoms with van der Waals surface area (Å²) in [6, 6.07) is 0. The average molecular weight is 610 g/mol. The molecule has 0 unspecified atom stereocenters. The molecule has 23 heteroatoms. The third-order valence-corrected chi connectivity index (χ3v) is 6.99. The molecule has 5 nitrogen and oxygen atoms in total. The van der Waals surface area contributed by atoms with E-state index in [-0.39, 0.29) is 0 Å². The largest absolute Gasteiger partial charge is 0.460 e. The molecule has 1 rings (SSSR count). The Hall–Kier alpha value is -1.81. The summed E-state index contributed by atoms with van der Waals surface area (Å²) in [4.78, 5) is 11.8. The van der Waals surface area contributed by atoms with Crippen LogP contribution in [0.3, 0.4) is 0 Å². The van der Waals surface area contributed by atoms with E-state index in [0.29, 0.717) is 4.90 Å². The predicted octanol–water partition coefficient (Wildman–Crippen LogP) is 4.45. The van der Waals surface area contributed by atoms with E-state index in [0.717, 1.165) is 6.92 Å². The van der Waals surface area contributed by atoms with Crippen molar-refractivity contribution in [1.82, 2.24) is 9.21 Å². The second-order valence-electron chi connectivity index (χ2n) is 7.37. The third kappa shape index (κ3) is 4.36. The normalized spacial score (nSPS) is 18.8. The average Bonchev–Trinajstić information content (AvgIpc) is 2.71. The van der Waals surface area contributed by atoms with Crippen LogP contribution in [0, 0.1) is 0 Å². The van der Waals surface area contributed by atoms with Crippen LogP contribution in [-0.2, 0) is 14.8 Å².